The van der Waals surface area contributed by atoms with Crippen molar-refractivity contribution >= 4 is 34.1 Å². The van der Waals surface area contributed by atoms with Crippen LogP contribution in [0.25, 0.3) is 22.6 Å². The van der Waals surface area contributed by atoms with Crippen molar-refractivity contribution in [3.63, 3.8) is 0 Å². The van der Waals surface area contributed by atoms with Crippen molar-refractivity contribution in [2.45, 2.75) is 6.92 Å². The third-order valence-electron chi connectivity index (χ3n) is 4.26. The van der Waals surface area contributed by atoms with Gasteiger partial charge in [0.05, 0.1) is 0 Å². The molecule has 1 aliphatic heterocycles. The Labute approximate surface area is 128 Å². The Bertz CT molecular complexity index is 947. The zero-order chi connectivity index (χ0) is 15.3. The van der Waals surface area contributed by atoms with E-state index in [4.69, 9.17) is 0 Å². The summed E-state index contributed by atoms with van der Waals surface area (Å²) in [4.78, 5) is 12.3. The van der Waals surface area contributed by atoms with E-state index in [0.717, 1.165) is 38.9 Å². The van der Waals surface area contributed by atoms with Crippen LogP contribution in [0.2, 0.25) is 0 Å². The highest BCUT2D eigenvalue weighted by Crippen LogP contribution is 2.36. The number of anilines is 1. The van der Waals surface area contributed by atoms with Gasteiger partial charge in [-0.3, -0.25) is 4.79 Å². The predicted molar refractivity (Wildman–Crippen MR) is 90.6 cm³/mol. The summed E-state index contributed by atoms with van der Waals surface area (Å²) in [6.45, 7) is 2.04. The highest BCUT2D eigenvalue weighted by molar-refractivity contribution is 6.35. The molecule has 0 saturated carbocycles. The third kappa shape index (κ3) is 1.79. The van der Waals surface area contributed by atoms with Gasteiger partial charge in [0.2, 0.25) is 0 Å². The number of hydrogen-bond acceptors (Lipinski definition) is 1. The molecule has 0 aliphatic carbocycles. The average molecular weight is 288 g/mol. The van der Waals surface area contributed by atoms with Gasteiger partial charge in [0.15, 0.2) is 0 Å². The topological polar surface area (TPSA) is 34.0 Å². The number of amides is 1. The highest BCUT2D eigenvalue weighted by Gasteiger charge is 2.25. The molecule has 1 aromatic heterocycles. The molecule has 2 heterocycles. The molecule has 0 fully saturated rings. The van der Waals surface area contributed by atoms with E-state index in [1.807, 2.05) is 50.4 Å². The lowest BCUT2D eigenvalue weighted by Gasteiger charge is -2.02. The minimum atomic E-state index is -0.0303. The third-order valence-corrected chi connectivity index (χ3v) is 4.26. The van der Waals surface area contributed by atoms with Gasteiger partial charge in [0.25, 0.3) is 5.91 Å². The van der Waals surface area contributed by atoms with E-state index >= 15 is 0 Å². The molecule has 1 aliphatic rings. The molecule has 22 heavy (non-hydrogen) atoms. The first kappa shape index (κ1) is 12.9. The predicted octanol–water partition coefficient (Wildman–Crippen LogP) is 3.98. The monoisotopic (exact) mass is 288 g/mol. The van der Waals surface area contributed by atoms with E-state index in [1.165, 1.54) is 0 Å². The summed E-state index contributed by atoms with van der Waals surface area (Å²) in [6, 6.07) is 14.2. The number of fused-ring (bicyclic) bond motifs is 2. The summed E-state index contributed by atoms with van der Waals surface area (Å²) >= 11 is 0. The van der Waals surface area contributed by atoms with E-state index in [0.29, 0.717) is 0 Å². The Hall–Kier alpha value is -2.81. The average Bonchev–Trinajstić information content (AvgIpc) is 2.99. The van der Waals surface area contributed by atoms with Gasteiger partial charge in [-0.1, -0.05) is 30.3 Å². The van der Waals surface area contributed by atoms with E-state index in [1.54, 1.807) is 0 Å². The van der Waals surface area contributed by atoms with Gasteiger partial charge in [0, 0.05) is 46.5 Å². The van der Waals surface area contributed by atoms with Gasteiger partial charge in [-0.2, -0.15) is 0 Å². The lowest BCUT2D eigenvalue weighted by atomic mass is 9.99. The molecular formula is C19H16N2O. The number of aryl methyl sites for hydroxylation is 2. The van der Waals surface area contributed by atoms with E-state index < -0.39 is 0 Å². The van der Waals surface area contributed by atoms with Crippen LogP contribution in [0.4, 0.5) is 5.69 Å². The van der Waals surface area contributed by atoms with Crippen LogP contribution in [0.1, 0.15) is 16.7 Å². The maximum atomic E-state index is 12.3. The Balaban J connectivity index is 1.95. The van der Waals surface area contributed by atoms with E-state index in [-0.39, 0.29) is 5.91 Å². The Kier molecular flexibility index (Phi) is 2.70. The standard InChI is InChI=1S/C19H16N2O/c1-12-6-5-8-16-18(12)15(19(22)20-16)10-13-11-21(2)17-9-4-3-7-14(13)17/h3-11H,1-2H3,(H,20,22). The van der Waals surface area contributed by atoms with Crippen LogP contribution in [-0.4, -0.2) is 10.5 Å². The molecule has 2 aromatic carbocycles. The summed E-state index contributed by atoms with van der Waals surface area (Å²) in [6.07, 6.45) is 4.07. The lowest BCUT2D eigenvalue weighted by molar-refractivity contribution is -0.110. The molecular weight excluding hydrogens is 272 g/mol. The second kappa shape index (κ2) is 4.60. The summed E-state index contributed by atoms with van der Waals surface area (Å²) in [5.74, 6) is -0.0303. The first-order valence-electron chi connectivity index (χ1n) is 7.32. The van der Waals surface area contributed by atoms with Crippen LogP contribution in [0.3, 0.4) is 0 Å². The summed E-state index contributed by atoms with van der Waals surface area (Å²) in [5, 5.41) is 4.11. The normalized spacial score (nSPS) is 15.4. The molecule has 108 valence electrons. The second-order valence-electron chi connectivity index (χ2n) is 5.72. The maximum absolute atomic E-state index is 12.3. The Morgan fingerprint density at radius 2 is 1.91 bits per heavy atom. The highest BCUT2D eigenvalue weighted by atomic mass is 16.2. The van der Waals surface area contributed by atoms with Gasteiger partial charge in [0.1, 0.15) is 0 Å². The molecule has 1 N–H and O–H groups in total. The number of nitrogens with one attached hydrogen (secondary N) is 1. The van der Waals surface area contributed by atoms with Gasteiger partial charge in [-0.15, -0.1) is 0 Å². The quantitative estimate of drug-likeness (QED) is 0.675. The summed E-state index contributed by atoms with van der Waals surface area (Å²) < 4.78 is 2.09. The van der Waals surface area contributed by atoms with Crippen molar-refractivity contribution in [3.05, 3.63) is 65.4 Å². The molecule has 0 spiro atoms. The largest absolute Gasteiger partial charge is 0.350 e. The van der Waals surface area contributed by atoms with Crippen LogP contribution in [0, 0.1) is 6.92 Å². The first-order chi connectivity index (χ1) is 10.6. The first-order valence-corrected chi connectivity index (χ1v) is 7.32. The van der Waals surface area contributed by atoms with Crippen molar-refractivity contribution in [1.82, 2.24) is 4.57 Å². The molecule has 0 saturated heterocycles. The number of hydrogen-bond donors (Lipinski definition) is 1. The van der Waals surface area contributed by atoms with Gasteiger partial charge in [-0.25, -0.2) is 0 Å². The Morgan fingerprint density at radius 3 is 2.77 bits per heavy atom. The zero-order valence-corrected chi connectivity index (χ0v) is 12.6. The molecule has 1 amide bonds. The van der Waals surface area contributed by atoms with Gasteiger partial charge < -0.3 is 9.88 Å². The van der Waals surface area contributed by atoms with Crippen LogP contribution in [0.15, 0.2) is 48.7 Å². The fourth-order valence-electron chi connectivity index (χ4n) is 3.21. The number of carbonyl (C=O) groups is 1. The van der Waals surface area contributed by atoms with Crippen molar-refractivity contribution in [2.24, 2.45) is 7.05 Å². The zero-order valence-electron chi connectivity index (χ0n) is 12.6. The number of rotatable bonds is 1. The molecule has 3 aromatic rings. The van der Waals surface area contributed by atoms with Crippen LogP contribution < -0.4 is 5.32 Å². The molecule has 0 bridgehead atoms. The molecule has 4 rings (SSSR count). The smallest absolute Gasteiger partial charge is 0.256 e. The Morgan fingerprint density at radius 1 is 1.09 bits per heavy atom. The number of carbonyl (C=O) groups excluding carboxylic acids is 1. The van der Waals surface area contributed by atoms with Crippen LogP contribution in [-0.2, 0) is 11.8 Å². The SMILES string of the molecule is Cc1cccc2c1C(=Cc1cn(C)c3ccccc13)C(=O)N2. The van der Waals surface area contributed by atoms with E-state index in [2.05, 4.69) is 28.2 Å². The van der Waals surface area contributed by atoms with Crippen molar-refractivity contribution < 1.29 is 4.79 Å². The lowest BCUT2D eigenvalue weighted by Crippen LogP contribution is -2.03. The summed E-state index contributed by atoms with van der Waals surface area (Å²) in [5.41, 5.74) is 6.00. The number of para-hydroxylation sites is 1. The van der Waals surface area contributed by atoms with Gasteiger partial charge in [-0.05, 0) is 30.7 Å². The molecule has 3 nitrogen and oxygen atoms in total. The van der Waals surface area contributed by atoms with Crippen molar-refractivity contribution in [2.75, 3.05) is 5.32 Å². The molecule has 0 radical (unpaired) electrons. The van der Waals surface area contributed by atoms with Crippen LogP contribution >= 0.6 is 0 Å². The fourth-order valence-corrected chi connectivity index (χ4v) is 3.21. The van der Waals surface area contributed by atoms with E-state index in [9.17, 15) is 4.79 Å². The summed E-state index contributed by atoms with van der Waals surface area (Å²) in [7, 11) is 2.03. The number of nitrogens with zero attached hydrogens (tertiary/aromatic N) is 1. The van der Waals surface area contributed by atoms with Crippen molar-refractivity contribution in [3.8, 4) is 0 Å². The molecule has 3 heteroatoms. The van der Waals surface area contributed by atoms with Crippen LogP contribution in [0.5, 0.6) is 0 Å². The fraction of sp³-hybridized carbons (Fsp3) is 0.105. The van der Waals surface area contributed by atoms with Crippen molar-refractivity contribution in [1.29, 1.82) is 0 Å². The second-order valence-corrected chi connectivity index (χ2v) is 5.72. The minimum Gasteiger partial charge on any atom is -0.350 e. The molecule has 0 unspecified atom stereocenters. The molecule has 0 atom stereocenters. The maximum Gasteiger partial charge on any atom is 0.256 e. The number of benzene rings is 2. The number of aromatic nitrogens is 1. The minimum absolute atomic E-state index is 0.0303. The van der Waals surface area contributed by atoms with Gasteiger partial charge >= 0.3 is 0 Å².